The number of amides is 1. The Morgan fingerprint density at radius 2 is 2.00 bits per heavy atom. The van der Waals surface area contributed by atoms with Crippen LogP contribution in [0.25, 0.3) is 0 Å². The smallest absolute Gasteiger partial charge is 0.224 e. The summed E-state index contributed by atoms with van der Waals surface area (Å²) >= 11 is 5.92. The van der Waals surface area contributed by atoms with E-state index in [4.69, 9.17) is 22.1 Å². The Morgan fingerprint density at radius 1 is 1.29 bits per heavy atom. The minimum atomic E-state index is 0. The molecule has 0 heterocycles. The largest absolute Gasteiger partial charge is 0.492 e. The zero-order valence-electron chi connectivity index (χ0n) is 12.4. The highest BCUT2D eigenvalue weighted by molar-refractivity contribution is 6.30. The Labute approximate surface area is 137 Å². The van der Waals surface area contributed by atoms with Crippen molar-refractivity contribution in [2.75, 3.05) is 18.5 Å². The lowest BCUT2D eigenvalue weighted by atomic mass is 10.1. The van der Waals surface area contributed by atoms with Crippen LogP contribution >= 0.6 is 24.0 Å². The minimum absolute atomic E-state index is 0. The third-order valence-corrected chi connectivity index (χ3v) is 3.11. The van der Waals surface area contributed by atoms with Gasteiger partial charge in [0.25, 0.3) is 0 Å². The average molecular weight is 335 g/mol. The molecule has 0 aliphatic rings. The zero-order chi connectivity index (χ0) is 14.8. The van der Waals surface area contributed by atoms with E-state index >= 15 is 0 Å². The van der Waals surface area contributed by atoms with Gasteiger partial charge in [0.1, 0.15) is 5.75 Å². The third kappa shape index (κ3) is 8.15. The van der Waals surface area contributed by atoms with Gasteiger partial charge in [0.15, 0.2) is 0 Å². The number of nitrogens with one attached hydrogen (secondary N) is 1. The second kappa shape index (κ2) is 11.7. The molecule has 0 saturated carbocycles. The molecular formula is C15H24Cl2N2O2. The summed E-state index contributed by atoms with van der Waals surface area (Å²) in [6.45, 7) is 3.14. The zero-order valence-corrected chi connectivity index (χ0v) is 13.9. The summed E-state index contributed by atoms with van der Waals surface area (Å²) in [5.41, 5.74) is 6.10. The third-order valence-electron chi connectivity index (χ3n) is 2.88. The molecule has 0 radical (unpaired) electrons. The maximum atomic E-state index is 11.9. The Kier molecular flexibility index (Phi) is 11.1. The molecule has 0 aromatic heterocycles. The normalized spacial score (nSPS) is 9.86. The van der Waals surface area contributed by atoms with Gasteiger partial charge in [-0.15, -0.1) is 12.4 Å². The van der Waals surface area contributed by atoms with Gasteiger partial charge in [-0.3, -0.25) is 4.79 Å². The lowest BCUT2D eigenvalue weighted by molar-refractivity contribution is -0.116. The molecule has 1 rings (SSSR count). The highest BCUT2D eigenvalue weighted by Crippen LogP contribution is 2.28. The van der Waals surface area contributed by atoms with Gasteiger partial charge in [0, 0.05) is 17.5 Å². The van der Waals surface area contributed by atoms with Crippen LogP contribution in [-0.4, -0.2) is 19.1 Å². The molecule has 1 aromatic carbocycles. The van der Waals surface area contributed by atoms with Gasteiger partial charge in [-0.05, 0) is 38.4 Å². The van der Waals surface area contributed by atoms with Gasteiger partial charge in [-0.2, -0.15) is 0 Å². The van der Waals surface area contributed by atoms with Gasteiger partial charge in [-0.25, -0.2) is 0 Å². The molecule has 0 aliphatic carbocycles. The van der Waals surface area contributed by atoms with Crippen molar-refractivity contribution in [2.45, 2.75) is 39.0 Å². The Balaban J connectivity index is 0.00000400. The summed E-state index contributed by atoms with van der Waals surface area (Å²) in [6, 6.07) is 5.21. The number of ether oxygens (including phenoxy) is 1. The number of rotatable bonds is 9. The number of halogens is 2. The molecule has 3 N–H and O–H groups in total. The van der Waals surface area contributed by atoms with Crippen LogP contribution < -0.4 is 15.8 Å². The van der Waals surface area contributed by atoms with E-state index in [1.54, 1.807) is 18.2 Å². The highest BCUT2D eigenvalue weighted by atomic mass is 35.5. The van der Waals surface area contributed by atoms with Crippen LogP contribution in [0.3, 0.4) is 0 Å². The summed E-state index contributed by atoms with van der Waals surface area (Å²) in [5.74, 6) is 0.609. The molecule has 0 fully saturated rings. The fourth-order valence-corrected chi connectivity index (χ4v) is 2.03. The van der Waals surface area contributed by atoms with Crippen LogP contribution in [0.2, 0.25) is 5.02 Å². The van der Waals surface area contributed by atoms with Crippen molar-refractivity contribution in [3.63, 3.8) is 0 Å². The van der Waals surface area contributed by atoms with Gasteiger partial charge in [0.05, 0.1) is 12.3 Å². The molecule has 6 heteroatoms. The first-order valence-corrected chi connectivity index (χ1v) is 7.47. The van der Waals surface area contributed by atoms with Crippen molar-refractivity contribution in [3.05, 3.63) is 23.2 Å². The number of benzene rings is 1. The Bertz CT molecular complexity index is 428. The summed E-state index contributed by atoms with van der Waals surface area (Å²) in [6.07, 6.45) is 4.52. The topological polar surface area (TPSA) is 64.3 Å². The lowest BCUT2D eigenvalue weighted by Gasteiger charge is -2.11. The van der Waals surface area contributed by atoms with E-state index in [1.807, 2.05) is 6.92 Å². The van der Waals surface area contributed by atoms with Gasteiger partial charge >= 0.3 is 0 Å². The number of hydrogen-bond donors (Lipinski definition) is 2. The van der Waals surface area contributed by atoms with E-state index in [0.29, 0.717) is 36.0 Å². The van der Waals surface area contributed by atoms with Crippen molar-refractivity contribution >= 4 is 35.6 Å². The van der Waals surface area contributed by atoms with Crippen LogP contribution in [-0.2, 0) is 4.79 Å². The molecule has 0 bridgehead atoms. The molecular weight excluding hydrogens is 311 g/mol. The van der Waals surface area contributed by atoms with Crippen molar-refractivity contribution in [2.24, 2.45) is 5.73 Å². The van der Waals surface area contributed by atoms with E-state index < -0.39 is 0 Å². The first-order chi connectivity index (χ1) is 9.67. The van der Waals surface area contributed by atoms with Gasteiger partial charge in [0.2, 0.25) is 5.91 Å². The van der Waals surface area contributed by atoms with Gasteiger partial charge in [-0.1, -0.05) is 24.4 Å². The van der Waals surface area contributed by atoms with E-state index in [9.17, 15) is 4.79 Å². The number of carbonyl (C=O) groups is 1. The lowest BCUT2D eigenvalue weighted by Crippen LogP contribution is -2.12. The summed E-state index contributed by atoms with van der Waals surface area (Å²) in [7, 11) is 0. The van der Waals surface area contributed by atoms with Crippen molar-refractivity contribution in [1.29, 1.82) is 0 Å². The van der Waals surface area contributed by atoms with Crippen LogP contribution in [0.4, 0.5) is 5.69 Å². The predicted molar refractivity (Wildman–Crippen MR) is 90.6 cm³/mol. The Hall–Kier alpha value is -0.970. The molecule has 0 saturated heterocycles. The molecule has 21 heavy (non-hydrogen) atoms. The van der Waals surface area contributed by atoms with Crippen LogP contribution in [0, 0.1) is 0 Å². The standard InChI is InChI=1S/C15H23ClN2O2.ClH/c1-2-20-14-11-12(16)8-9-13(14)18-15(19)7-5-3-4-6-10-17;/h8-9,11H,2-7,10,17H2,1H3,(H,18,19);1H. The Morgan fingerprint density at radius 3 is 2.67 bits per heavy atom. The molecule has 0 atom stereocenters. The van der Waals surface area contributed by atoms with Crippen LogP contribution in [0.1, 0.15) is 39.0 Å². The summed E-state index contributed by atoms with van der Waals surface area (Å²) in [5, 5.41) is 3.46. The van der Waals surface area contributed by atoms with Gasteiger partial charge < -0.3 is 15.8 Å². The number of nitrogens with two attached hydrogens (primary N) is 1. The maximum Gasteiger partial charge on any atom is 0.224 e. The van der Waals surface area contributed by atoms with E-state index in [2.05, 4.69) is 5.32 Å². The van der Waals surface area contributed by atoms with E-state index in [1.165, 1.54) is 0 Å². The number of unbranched alkanes of at least 4 members (excludes halogenated alkanes) is 3. The number of anilines is 1. The molecule has 1 aromatic rings. The second-order valence-corrected chi connectivity index (χ2v) is 5.01. The minimum Gasteiger partial charge on any atom is -0.492 e. The number of carbonyl (C=O) groups excluding carboxylic acids is 1. The first kappa shape index (κ1) is 20.0. The average Bonchev–Trinajstić information content (AvgIpc) is 2.42. The fourth-order valence-electron chi connectivity index (χ4n) is 1.87. The summed E-state index contributed by atoms with van der Waals surface area (Å²) < 4.78 is 5.46. The second-order valence-electron chi connectivity index (χ2n) is 4.57. The van der Waals surface area contributed by atoms with Crippen molar-refractivity contribution in [3.8, 4) is 5.75 Å². The SMILES string of the molecule is CCOc1cc(Cl)ccc1NC(=O)CCCCCCN.Cl. The monoisotopic (exact) mass is 334 g/mol. The summed E-state index contributed by atoms with van der Waals surface area (Å²) in [4.78, 5) is 11.9. The van der Waals surface area contributed by atoms with E-state index in [0.717, 1.165) is 25.7 Å². The van der Waals surface area contributed by atoms with E-state index in [-0.39, 0.29) is 18.3 Å². The van der Waals surface area contributed by atoms with Crippen LogP contribution in [0.15, 0.2) is 18.2 Å². The molecule has 4 nitrogen and oxygen atoms in total. The number of hydrogen-bond acceptors (Lipinski definition) is 3. The molecule has 1 amide bonds. The van der Waals surface area contributed by atoms with Crippen LogP contribution in [0.5, 0.6) is 5.75 Å². The molecule has 120 valence electrons. The first-order valence-electron chi connectivity index (χ1n) is 7.09. The van der Waals surface area contributed by atoms with Crippen molar-refractivity contribution in [1.82, 2.24) is 0 Å². The molecule has 0 unspecified atom stereocenters. The highest BCUT2D eigenvalue weighted by Gasteiger charge is 2.08. The predicted octanol–water partition coefficient (Wildman–Crippen LogP) is 4.01. The molecule has 0 spiro atoms. The van der Waals surface area contributed by atoms with Crippen molar-refractivity contribution < 1.29 is 9.53 Å². The molecule has 0 aliphatic heterocycles. The maximum absolute atomic E-state index is 11.9. The fraction of sp³-hybridized carbons (Fsp3) is 0.533. The quantitative estimate of drug-likeness (QED) is 0.670.